The van der Waals surface area contributed by atoms with Gasteiger partial charge < -0.3 is 16.0 Å². The predicted octanol–water partition coefficient (Wildman–Crippen LogP) is 2.68. The van der Waals surface area contributed by atoms with Crippen molar-refractivity contribution in [1.82, 2.24) is 5.32 Å². The lowest BCUT2D eigenvalue weighted by atomic mass is 10.1. The zero-order valence-corrected chi connectivity index (χ0v) is 13.7. The summed E-state index contributed by atoms with van der Waals surface area (Å²) in [7, 11) is 0. The van der Waals surface area contributed by atoms with Gasteiger partial charge in [-0.2, -0.15) is 0 Å². The van der Waals surface area contributed by atoms with Gasteiger partial charge >= 0.3 is 0 Å². The maximum absolute atomic E-state index is 11.6. The minimum atomic E-state index is -0.253. The quantitative estimate of drug-likeness (QED) is 0.899. The van der Waals surface area contributed by atoms with Gasteiger partial charge in [-0.25, -0.2) is 0 Å². The van der Waals surface area contributed by atoms with E-state index in [4.69, 9.17) is 17.3 Å². The van der Waals surface area contributed by atoms with Gasteiger partial charge in [0.15, 0.2) is 0 Å². The average Bonchev–Trinajstić information content (AvgIpc) is 2.84. The molecule has 1 atom stereocenters. The fraction of sp³-hybridized carbons (Fsp3) is 0.562. The first-order chi connectivity index (χ1) is 9.78. The van der Waals surface area contributed by atoms with Crippen molar-refractivity contribution in [3.05, 3.63) is 28.8 Å². The molecule has 1 heterocycles. The highest BCUT2D eigenvalue weighted by Gasteiger charge is 2.30. The van der Waals surface area contributed by atoms with E-state index in [9.17, 15) is 4.79 Å². The number of primary amides is 1. The van der Waals surface area contributed by atoms with Gasteiger partial charge in [-0.05, 0) is 57.4 Å². The van der Waals surface area contributed by atoms with Crippen LogP contribution in [0.2, 0.25) is 5.02 Å². The molecule has 0 aromatic heterocycles. The van der Waals surface area contributed by atoms with E-state index in [2.05, 4.69) is 31.0 Å². The molecular formula is C16H24ClN3O. The lowest BCUT2D eigenvalue weighted by Gasteiger charge is -2.28. The third-order valence-corrected chi connectivity index (χ3v) is 3.98. The van der Waals surface area contributed by atoms with E-state index in [1.807, 2.05) is 18.2 Å². The van der Waals surface area contributed by atoms with Crippen LogP contribution in [-0.2, 0) is 11.3 Å². The summed E-state index contributed by atoms with van der Waals surface area (Å²) in [5.74, 6) is -0.253. The van der Waals surface area contributed by atoms with Crippen LogP contribution in [0.5, 0.6) is 0 Å². The van der Waals surface area contributed by atoms with Crippen molar-refractivity contribution in [1.29, 1.82) is 0 Å². The number of benzene rings is 1. The zero-order valence-electron chi connectivity index (χ0n) is 12.9. The van der Waals surface area contributed by atoms with Crippen molar-refractivity contribution in [2.75, 3.05) is 11.4 Å². The minimum Gasteiger partial charge on any atom is -0.368 e. The fourth-order valence-corrected chi connectivity index (χ4v) is 2.88. The number of hydrogen-bond donors (Lipinski definition) is 2. The summed E-state index contributed by atoms with van der Waals surface area (Å²) in [5.41, 5.74) is 7.70. The molecule has 0 saturated carbocycles. The molecule has 2 rings (SSSR count). The summed E-state index contributed by atoms with van der Waals surface area (Å²) in [6.45, 7) is 7.94. The largest absolute Gasteiger partial charge is 0.368 e. The molecule has 1 aromatic carbocycles. The van der Waals surface area contributed by atoms with Crippen molar-refractivity contribution in [2.24, 2.45) is 5.73 Å². The Labute approximate surface area is 131 Å². The Kier molecular flexibility index (Phi) is 4.79. The smallest absolute Gasteiger partial charge is 0.240 e. The van der Waals surface area contributed by atoms with Crippen LogP contribution >= 0.6 is 11.6 Å². The van der Waals surface area contributed by atoms with E-state index in [1.54, 1.807) is 0 Å². The van der Waals surface area contributed by atoms with E-state index >= 15 is 0 Å². The van der Waals surface area contributed by atoms with Crippen molar-refractivity contribution in [2.45, 2.75) is 51.7 Å². The molecule has 1 aliphatic heterocycles. The van der Waals surface area contributed by atoms with Crippen LogP contribution in [0, 0.1) is 0 Å². The molecule has 1 saturated heterocycles. The van der Waals surface area contributed by atoms with Crippen molar-refractivity contribution in [3.63, 3.8) is 0 Å². The summed E-state index contributed by atoms with van der Waals surface area (Å²) in [4.78, 5) is 13.7. The zero-order chi connectivity index (χ0) is 15.6. The molecule has 116 valence electrons. The lowest BCUT2D eigenvalue weighted by molar-refractivity contribution is -0.119. The predicted molar refractivity (Wildman–Crippen MR) is 87.6 cm³/mol. The average molecular weight is 310 g/mol. The molecule has 0 aliphatic carbocycles. The summed E-state index contributed by atoms with van der Waals surface area (Å²) in [6, 6.07) is 5.61. The second-order valence-corrected chi connectivity index (χ2v) is 7.07. The first-order valence-corrected chi connectivity index (χ1v) is 7.75. The number of amides is 1. The van der Waals surface area contributed by atoms with Crippen molar-refractivity contribution >= 4 is 23.2 Å². The number of halogens is 1. The van der Waals surface area contributed by atoms with Crippen molar-refractivity contribution in [3.8, 4) is 0 Å². The Morgan fingerprint density at radius 2 is 2.19 bits per heavy atom. The minimum absolute atomic E-state index is 0.0215. The number of hydrogen-bond acceptors (Lipinski definition) is 3. The molecule has 1 amide bonds. The van der Waals surface area contributed by atoms with Gasteiger partial charge in [0.2, 0.25) is 5.91 Å². The molecule has 4 nitrogen and oxygen atoms in total. The van der Waals surface area contributed by atoms with E-state index in [-0.39, 0.29) is 17.5 Å². The van der Waals surface area contributed by atoms with Crippen LogP contribution in [-0.4, -0.2) is 24.0 Å². The van der Waals surface area contributed by atoms with Gasteiger partial charge in [-0.15, -0.1) is 0 Å². The van der Waals surface area contributed by atoms with Crippen LogP contribution in [0.1, 0.15) is 39.2 Å². The van der Waals surface area contributed by atoms with Crippen molar-refractivity contribution < 1.29 is 4.79 Å². The summed E-state index contributed by atoms with van der Waals surface area (Å²) in [6.07, 6.45) is 1.81. The Hall–Kier alpha value is -1.26. The molecule has 1 unspecified atom stereocenters. The second kappa shape index (κ2) is 6.24. The molecule has 5 heteroatoms. The Morgan fingerprint density at radius 3 is 2.81 bits per heavy atom. The number of nitrogens with two attached hydrogens (primary N) is 1. The van der Waals surface area contributed by atoms with Gasteiger partial charge in [0.25, 0.3) is 0 Å². The normalized spacial score (nSPS) is 19.0. The van der Waals surface area contributed by atoms with E-state index < -0.39 is 0 Å². The maximum atomic E-state index is 11.6. The molecule has 21 heavy (non-hydrogen) atoms. The van der Waals surface area contributed by atoms with Crippen LogP contribution in [0.4, 0.5) is 5.69 Å². The fourth-order valence-electron chi connectivity index (χ4n) is 2.69. The summed E-state index contributed by atoms with van der Waals surface area (Å²) in [5, 5.41) is 4.18. The highest BCUT2D eigenvalue weighted by molar-refractivity contribution is 6.30. The SMILES string of the molecule is CC(C)(C)NCc1cc(Cl)ccc1N1CCCC1C(N)=O. The molecular weight excluding hydrogens is 286 g/mol. The van der Waals surface area contributed by atoms with Gasteiger partial charge in [0.1, 0.15) is 6.04 Å². The molecule has 0 radical (unpaired) electrons. The number of carbonyl (C=O) groups excluding carboxylic acids is 1. The number of anilines is 1. The number of rotatable bonds is 4. The number of nitrogens with one attached hydrogen (secondary N) is 1. The Morgan fingerprint density at radius 1 is 1.48 bits per heavy atom. The molecule has 1 fully saturated rings. The van der Waals surface area contributed by atoms with Crippen LogP contribution < -0.4 is 16.0 Å². The lowest BCUT2D eigenvalue weighted by Crippen LogP contribution is -2.41. The Balaban J connectivity index is 2.28. The topological polar surface area (TPSA) is 58.4 Å². The molecule has 3 N–H and O–H groups in total. The summed E-state index contributed by atoms with van der Waals surface area (Å²) >= 11 is 6.13. The van der Waals surface area contributed by atoms with E-state index in [1.165, 1.54) is 0 Å². The first kappa shape index (κ1) is 16.1. The molecule has 0 bridgehead atoms. The molecule has 1 aromatic rings. The first-order valence-electron chi connectivity index (χ1n) is 7.37. The second-order valence-electron chi connectivity index (χ2n) is 6.63. The van der Waals surface area contributed by atoms with Crippen LogP contribution in [0.15, 0.2) is 18.2 Å². The van der Waals surface area contributed by atoms with Gasteiger partial charge in [-0.3, -0.25) is 4.79 Å². The monoisotopic (exact) mass is 309 g/mol. The number of carbonyl (C=O) groups is 1. The van der Waals surface area contributed by atoms with Gasteiger partial charge in [0, 0.05) is 29.3 Å². The van der Waals surface area contributed by atoms with Crippen LogP contribution in [0.25, 0.3) is 0 Å². The van der Waals surface area contributed by atoms with E-state index in [0.29, 0.717) is 11.6 Å². The van der Waals surface area contributed by atoms with Gasteiger partial charge in [0.05, 0.1) is 0 Å². The highest BCUT2D eigenvalue weighted by Crippen LogP contribution is 2.31. The third-order valence-electron chi connectivity index (χ3n) is 3.74. The number of nitrogens with zero attached hydrogens (tertiary/aromatic N) is 1. The summed E-state index contributed by atoms with van der Waals surface area (Å²) < 4.78 is 0. The molecule has 0 spiro atoms. The standard InChI is InChI=1S/C16H24ClN3O/c1-16(2,3)19-10-11-9-12(17)6-7-13(11)20-8-4-5-14(20)15(18)21/h6-7,9,14,19H,4-5,8,10H2,1-3H3,(H2,18,21). The van der Waals surface area contributed by atoms with E-state index in [0.717, 1.165) is 30.6 Å². The van der Waals surface area contributed by atoms with Gasteiger partial charge in [-0.1, -0.05) is 11.6 Å². The third kappa shape index (κ3) is 4.11. The Bertz CT molecular complexity index is 525. The van der Waals surface area contributed by atoms with Crippen LogP contribution in [0.3, 0.4) is 0 Å². The maximum Gasteiger partial charge on any atom is 0.240 e. The highest BCUT2D eigenvalue weighted by atomic mass is 35.5. The molecule has 1 aliphatic rings.